The summed E-state index contributed by atoms with van der Waals surface area (Å²) in [7, 11) is 0. The van der Waals surface area contributed by atoms with Crippen LogP contribution in [0.3, 0.4) is 0 Å². The van der Waals surface area contributed by atoms with Crippen molar-refractivity contribution in [2.45, 2.75) is 18.9 Å². The lowest BCUT2D eigenvalue weighted by molar-refractivity contribution is 0.371. The molecular formula is C16H17ClF2N2S. The molecule has 2 aromatic rings. The third-order valence-corrected chi connectivity index (χ3v) is 5.13. The van der Waals surface area contributed by atoms with E-state index >= 15 is 0 Å². The number of piperidine rings is 1. The maximum Gasteiger partial charge on any atom is 0.182 e. The molecule has 22 heavy (non-hydrogen) atoms. The highest BCUT2D eigenvalue weighted by Gasteiger charge is 2.27. The van der Waals surface area contributed by atoms with Gasteiger partial charge in [0.25, 0.3) is 0 Å². The fourth-order valence-corrected chi connectivity index (χ4v) is 4.04. The third kappa shape index (κ3) is 3.42. The van der Waals surface area contributed by atoms with Crippen molar-refractivity contribution < 1.29 is 8.78 Å². The number of nitrogens with zero attached hydrogens (tertiary/aromatic N) is 1. The number of thiophene rings is 1. The fourth-order valence-electron chi connectivity index (χ4n) is 3.11. The van der Waals surface area contributed by atoms with Gasteiger partial charge in [-0.2, -0.15) is 0 Å². The van der Waals surface area contributed by atoms with Gasteiger partial charge >= 0.3 is 0 Å². The van der Waals surface area contributed by atoms with Crippen molar-refractivity contribution in [1.29, 1.82) is 0 Å². The van der Waals surface area contributed by atoms with Crippen LogP contribution in [-0.4, -0.2) is 19.1 Å². The predicted molar refractivity (Wildman–Crippen MR) is 87.7 cm³/mol. The van der Waals surface area contributed by atoms with Gasteiger partial charge in [0.2, 0.25) is 0 Å². The first kappa shape index (κ1) is 15.7. The lowest BCUT2D eigenvalue weighted by Crippen LogP contribution is -2.48. The first-order chi connectivity index (χ1) is 10.5. The Labute approximate surface area is 137 Å². The van der Waals surface area contributed by atoms with Crippen molar-refractivity contribution in [3.8, 4) is 0 Å². The second-order valence-corrected chi connectivity index (χ2v) is 7.35. The Morgan fingerprint density at radius 2 is 2.14 bits per heavy atom. The standard InChI is InChI=1S/C16H17ClF2N2S/c17-15-6-11(9-22-15)4-10-5-12(20)8-21(7-10)14-3-1-2-13(18)16(14)19/h1-3,6,9-10,12H,4-5,7-8,20H2. The first-order valence-corrected chi connectivity index (χ1v) is 8.46. The summed E-state index contributed by atoms with van der Waals surface area (Å²) in [5.41, 5.74) is 7.59. The minimum atomic E-state index is -0.821. The Morgan fingerprint density at radius 1 is 1.32 bits per heavy atom. The largest absolute Gasteiger partial charge is 0.367 e. The normalized spacial score (nSPS) is 22.1. The molecule has 0 spiro atoms. The molecule has 6 heteroatoms. The van der Waals surface area contributed by atoms with E-state index in [2.05, 4.69) is 0 Å². The summed E-state index contributed by atoms with van der Waals surface area (Å²) in [6.07, 6.45) is 1.73. The molecule has 0 bridgehead atoms. The number of rotatable bonds is 3. The Kier molecular flexibility index (Phi) is 4.66. The maximum atomic E-state index is 14.0. The lowest BCUT2D eigenvalue weighted by atomic mass is 9.89. The molecule has 2 nitrogen and oxygen atoms in total. The summed E-state index contributed by atoms with van der Waals surface area (Å²) in [6.45, 7) is 1.21. The molecule has 1 fully saturated rings. The van der Waals surface area contributed by atoms with Crippen LogP contribution in [0, 0.1) is 17.6 Å². The molecule has 2 unspecified atom stereocenters. The summed E-state index contributed by atoms with van der Waals surface area (Å²) in [4.78, 5) is 1.85. The molecule has 3 rings (SSSR count). The summed E-state index contributed by atoms with van der Waals surface area (Å²) < 4.78 is 28.2. The lowest BCUT2D eigenvalue weighted by Gasteiger charge is -2.38. The monoisotopic (exact) mass is 342 g/mol. The van der Waals surface area contributed by atoms with E-state index in [-0.39, 0.29) is 6.04 Å². The molecule has 0 saturated carbocycles. The van der Waals surface area contributed by atoms with Crippen LogP contribution in [0.2, 0.25) is 4.34 Å². The van der Waals surface area contributed by atoms with Gasteiger partial charge in [-0.25, -0.2) is 8.78 Å². The van der Waals surface area contributed by atoms with Gasteiger partial charge < -0.3 is 10.6 Å². The average molecular weight is 343 g/mol. The molecule has 1 saturated heterocycles. The van der Waals surface area contributed by atoms with Crippen LogP contribution >= 0.6 is 22.9 Å². The van der Waals surface area contributed by atoms with E-state index in [4.69, 9.17) is 17.3 Å². The highest BCUT2D eigenvalue weighted by atomic mass is 35.5. The summed E-state index contributed by atoms with van der Waals surface area (Å²) in [5, 5.41) is 2.04. The van der Waals surface area contributed by atoms with Crippen molar-refractivity contribution in [1.82, 2.24) is 0 Å². The molecule has 118 valence electrons. The van der Waals surface area contributed by atoms with Gasteiger partial charge in [0.1, 0.15) is 0 Å². The quantitative estimate of drug-likeness (QED) is 0.910. The molecule has 2 atom stereocenters. The van der Waals surface area contributed by atoms with E-state index in [1.165, 1.54) is 23.0 Å². The number of hydrogen-bond donors (Lipinski definition) is 1. The molecule has 2 N–H and O–H groups in total. The number of anilines is 1. The van der Waals surface area contributed by atoms with E-state index in [1.807, 2.05) is 16.3 Å². The van der Waals surface area contributed by atoms with E-state index in [0.717, 1.165) is 23.2 Å². The van der Waals surface area contributed by atoms with Crippen molar-refractivity contribution in [3.05, 3.63) is 51.2 Å². The SMILES string of the molecule is NC1CC(Cc2csc(Cl)c2)CN(c2cccc(F)c2F)C1. The van der Waals surface area contributed by atoms with Crippen LogP contribution in [0.5, 0.6) is 0 Å². The topological polar surface area (TPSA) is 29.3 Å². The number of nitrogens with two attached hydrogens (primary N) is 1. The predicted octanol–water partition coefficient (Wildman–Crippen LogP) is 4.08. The molecule has 2 heterocycles. The van der Waals surface area contributed by atoms with Gasteiger partial charge in [-0.1, -0.05) is 17.7 Å². The summed E-state index contributed by atoms with van der Waals surface area (Å²) in [5.74, 6) is -1.32. The van der Waals surface area contributed by atoms with E-state index in [0.29, 0.717) is 24.7 Å². The zero-order valence-corrected chi connectivity index (χ0v) is 13.5. The Balaban J connectivity index is 1.77. The minimum absolute atomic E-state index is 0.0458. The second-order valence-electron chi connectivity index (χ2n) is 5.80. The van der Waals surface area contributed by atoms with E-state index in [9.17, 15) is 8.78 Å². The Hall–Kier alpha value is -1.17. The zero-order valence-electron chi connectivity index (χ0n) is 11.9. The zero-order chi connectivity index (χ0) is 15.7. The summed E-state index contributed by atoms with van der Waals surface area (Å²) in [6, 6.07) is 6.18. The second kappa shape index (κ2) is 6.52. The molecule has 0 radical (unpaired) electrons. The molecule has 1 aliphatic rings. The van der Waals surface area contributed by atoms with Crippen molar-refractivity contribution in [3.63, 3.8) is 0 Å². The maximum absolute atomic E-state index is 14.0. The minimum Gasteiger partial charge on any atom is -0.367 e. The van der Waals surface area contributed by atoms with Crippen LogP contribution in [0.25, 0.3) is 0 Å². The van der Waals surface area contributed by atoms with Gasteiger partial charge in [0.15, 0.2) is 11.6 Å². The number of halogens is 3. The molecule has 0 aliphatic carbocycles. The van der Waals surface area contributed by atoms with Gasteiger partial charge in [-0.3, -0.25) is 0 Å². The fraction of sp³-hybridized carbons (Fsp3) is 0.375. The third-order valence-electron chi connectivity index (χ3n) is 3.99. The molecule has 1 aliphatic heterocycles. The highest BCUT2D eigenvalue weighted by Crippen LogP contribution is 2.29. The van der Waals surface area contributed by atoms with Crippen molar-refractivity contribution in [2.24, 2.45) is 11.7 Å². The van der Waals surface area contributed by atoms with Crippen LogP contribution in [0.1, 0.15) is 12.0 Å². The van der Waals surface area contributed by atoms with E-state index in [1.54, 1.807) is 6.07 Å². The van der Waals surface area contributed by atoms with Gasteiger partial charge in [-0.05, 0) is 47.9 Å². The molecular weight excluding hydrogens is 326 g/mol. The van der Waals surface area contributed by atoms with Gasteiger partial charge in [0, 0.05) is 19.1 Å². The number of benzene rings is 1. The van der Waals surface area contributed by atoms with Crippen LogP contribution in [0.4, 0.5) is 14.5 Å². The van der Waals surface area contributed by atoms with Gasteiger partial charge in [-0.15, -0.1) is 11.3 Å². The van der Waals surface area contributed by atoms with E-state index < -0.39 is 11.6 Å². The summed E-state index contributed by atoms with van der Waals surface area (Å²) >= 11 is 7.47. The van der Waals surface area contributed by atoms with Crippen molar-refractivity contribution in [2.75, 3.05) is 18.0 Å². The molecule has 1 aromatic heterocycles. The van der Waals surface area contributed by atoms with Crippen LogP contribution in [-0.2, 0) is 6.42 Å². The first-order valence-electron chi connectivity index (χ1n) is 7.20. The van der Waals surface area contributed by atoms with Gasteiger partial charge in [0.05, 0.1) is 10.0 Å². The Bertz CT molecular complexity index is 661. The Morgan fingerprint density at radius 3 is 2.86 bits per heavy atom. The molecule has 1 aromatic carbocycles. The number of hydrogen-bond acceptors (Lipinski definition) is 3. The van der Waals surface area contributed by atoms with Crippen LogP contribution in [0.15, 0.2) is 29.6 Å². The highest BCUT2D eigenvalue weighted by molar-refractivity contribution is 7.14. The molecule has 0 amide bonds. The van der Waals surface area contributed by atoms with Crippen LogP contribution < -0.4 is 10.6 Å². The van der Waals surface area contributed by atoms with Crippen molar-refractivity contribution >= 4 is 28.6 Å². The smallest absolute Gasteiger partial charge is 0.182 e. The average Bonchev–Trinajstić information content (AvgIpc) is 2.86.